The summed E-state index contributed by atoms with van der Waals surface area (Å²) in [7, 11) is 1.84. The lowest BCUT2D eigenvalue weighted by Gasteiger charge is -2.07. The van der Waals surface area contributed by atoms with E-state index in [0.29, 0.717) is 17.9 Å². The molecule has 0 atom stereocenters. The van der Waals surface area contributed by atoms with E-state index >= 15 is 0 Å². The van der Waals surface area contributed by atoms with Gasteiger partial charge in [0.05, 0.1) is 12.4 Å². The van der Waals surface area contributed by atoms with Crippen molar-refractivity contribution in [2.75, 3.05) is 0 Å². The molecule has 0 saturated heterocycles. The quantitative estimate of drug-likeness (QED) is 0.378. The minimum absolute atomic E-state index is 0.0930. The van der Waals surface area contributed by atoms with Crippen molar-refractivity contribution in [3.63, 3.8) is 0 Å². The summed E-state index contributed by atoms with van der Waals surface area (Å²) < 4.78 is 3.37. The molecule has 7 heteroatoms. The Morgan fingerprint density at radius 3 is 2.35 bits per heavy atom. The van der Waals surface area contributed by atoms with Crippen molar-refractivity contribution in [1.29, 1.82) is 0 Å². The lowest BCUT2D eigenvalue weighted by atomic mass is 10.0. The second kappa shape index (κ2) is 9.62. The van der Waals surface area contributed by atoms with E-state index in [9.17, 15) is 4.79 Å². The van der Waals surface area contributed by atoms with E-state index in [1.807, 2.05) is 56.0 Å². The van der Waals surface area contributed by atoms with Crippen molar-refractivity contribution in [2.45, 2.75) is 19.3 Å². The van der Waals surface area contributed by atoms with Gasteiger partial charge in [0.1, 0.15) is 11.4 Å². The molecule has 0 aliphatic rings. The lowest BCUT2D eigenvalue weighted by Crippen LogP contribution is -2.16. The first-order valence-electron chi connectivity index (χ1n) is 11.2. The lowest BCUT2D eigenvalue weighted by molar-refractivity contribution is 0.762. The highest BCUT2D eigenvalue weighted by Crippen LogP contribution is 2.18. The van der Waals surface area contributed by atoms with Crippen LogP contribution >= 0.6 is 0 Å². The molecule has 0 radical (unpaired) electrons. The van der Waals surface area contributed by atoms with Crippen molar-refractivity contribution < 1.29 is 0 Å². The first-order chi connectivity index (χ1) is 16.6. The van der Waals surface area contributed by atoms with Gasteiger partial charge >= 0.3 is 0 Å². The molecule has 7 nitrogen and oxygen atoms in total. The van der Waals surface area contributed by atoms with Crippen molar-refractivity contribution in [1.82, 2.24) is 29.5 Å². The Balaban J connectivity index is 1.32. The molecule has 0 N–H and O–H groups in total. The zero-order chi connectivity index (χ0) is 23.3. The van der Waals surface area contributed by atoms with Crippen LogP contribution in [0.2, 0.25) is 0 Å². The normalized spacial score (nSPS) is 11.0. The predicted molar refractivity (Wildman–Crippen MR) is 131 cm³/mol. The van der Waals surface area contributed by atoms with Gasteiger partial charge in [-0.2, -0.15) is 10.2 Å². The van der Waals surface area contributed by atoms with Crippen LogP contribution in [-0.2, 0) is 26.3 Å². The van der Waals surface area contributed by atoms with E-state index in [0.717, 1.165) is 35.2 Å². The molecule has 34 heavy (non-hydrogen) atoms. The number of aromatic nitrogens is 6. The third kappa shape index (κ3) is 4.99. The van der Waals surface area contributed by atoms with E-state index in [-0.39, 0.29) is 5.43 Å². The largest absolute Gasteiger partial charge is 0.288 e. The number of benzene rings is 2. The number of rotatable bonds is 7. The summed E-state index contributed by atoms with van der Waals surface area (Å²) in [5.41, 5.74) is 5.48. The van der Waals surface area contributed by atoms with Gasteiger partial charge in [0.2, 0.25) is 5.43 Å². The SMILES string of the molecule is Cn1cc(-n2ccc(=O)c(Cc3cccc(-c4ncc(CCc5ccccc5)cn4)c3)n2)cn1. The summed E-state index contributed by atoms with van der Waals surface area (Å²) >= 11 is 0. The van der Waals surface area contributed by atoms with E-state index in [1.165, 1.54) is 11.6 Å². The summed E-state index contributed by atoms with van der Waals surface area (Å²) in [6.07, 6.45) is 11.3. The second-order valence-corrected chi connectivity index (χ2v) is 8.22. The van der Waals surface area contributed by atoms with Gasteiger partial charge in [-0.05, 0) is 35.6 Å². The van der Waals surface area contributed by atoms with E-state index in [2.05, 4.69) is 44.4 Å². The Bertz CT molecular complexity index is 1450. The molecule has 3 heterocycles. The van der Waals surface area contributed by atoms with Crippen LogP contribution in [0, 0.1) is 0 Å². The van der Waals surface area contributed by atoms with Gasteiger partial charge in [0, 0.05) is 43.7 Å². The Morgan fingerprint density at radius 2 is 1.59 bits per heavy atom. The molecular formula is C27H24N6O. The summed E-state index contributed by atoms with van der Waals surface area (Å²) in [4.78, 5) is 21.6. The zero-order valence-electron chi connectivity index (χ0n) is 18.9. The van der Waals surface area contributed by atoms with Crippen molar-refractivity contribution >= 4 is 0 Å². The van der Waals surface area contributed by atoms with Gasteiger partial charge in [-0.25, -0.2) is 14.6 Å². The third-order valence-electron chi connectivity index (χ3n) is 5.64. The number of hydrogen-bond donors (Lipinski definition) is 0. The molecule has 0 saturated carbocycles. The smallest absolute Gasteiger partial charge is 0.203 e. The Hall–Kier alpha value is -4.39. The molecule has 5 rings (SSSR count). The van der Waals surface area contributed by atoms with Crippen LogP contribution < -0.4 is 5.43 Å². The standard InChI is InChI=1S/C27H24N6O/c1-32-19-24(18-30-32)33-13-12-26(34)25(31-33)15-21-8-5-9-23(14-21)27-28-16-22(17-29-27)11-10-20-6-3-2-4-7-20/h2-9,12-14,16-19H,10-11,15H2,1H3. The molecule has 0 unspecified atom stereocenters. The minimum atomic E-state index is -0.0930. The Kier molecular flexibility index (Phi) is 6.07. The molecule has 2 aromatic carbocycles. The minimum Gasteiger partial charge on any atom is -0.288 e. The van der Waals surface area contributed by atoms with Crippen molar-refractivity contribution in [3.05, 3.63) is 124 Å². The van der Waals surface area contributed by atoms with Gasteiger partial charge in [0.15, 0.2) is 5.82 Å². The molecule has 3 aromatic heterocycles. The molecule has 0 aliphatic heterocycles. The fourth-order valence-electron chi connectivity index (χ4n) is 3.82. The van der Waals surface area contributed by atoms with Gasteiger partial charge in [-0.1, -0.05) is 48.5 Å². The molecule has 0 amide bonds. The van der Waals surface area contributed by atoms with Crippen LogP contribution in [0.3, 0.4) is 0 Å². The fourth-order valence-corrected chi connectivity index (χ4v) is 3.82. The van der Waals surface area contributed by atoms with Gasteiger partial charge in [0.25, 0.3) is 0 Å². The maximum Gasteiger partial charge on any atom is 0.203 e. The molecule has 0 fully saturated rings. The highest BCUT2D eigenvalue weighted by atomic mass is 16.1. The first kappa shape index (κ1) is 21.5. The Morgan fingerprint density at radius 1 is 0.824 bits per heavy atom. The number of hydrogen-bond acceptors (Lipinski definition) is 5. The van der Waals surface area contributed by atoms with E-state index < -0.39 is 0 Å². The van der Waals surface area contributed by atoms with E-state index in [4.69, 9.17) is 0 Å². The summed E-state index contributed by atoms with van der Waals surface area (Å²) in [5, 5.41) is 8.70. The molecule has 0 bridgehead atoms. The van der Waals surface area contributed by atoms with Gasteiger partial charge in [-0.15, -0.1) is 0 Å². The first-order valence-corrected chi connectivity index (χ1v) is 11.2. The number of nitrogens with zero attached hydrogens (tertiary/aromatic N) is 6. The van der Waals surface area contributed by atoms with Gasteiger partial charge < -0.3 is 0 Å². The van der Waals surface area contributed by atoms with Crippen LogP contribution in [-0.4, -0.2) is 29.5 Å². The summed E-state index contributed by atoms with van der Waals surface area (Å²) in [5.74, 6) is 0.666. The molecule has 5 aromatic rings. The maximum absolute atomic E-state index is 12.4. The fraction of sp³-hybridized carbons (Fsp3) is 0.148. The van der Waals surface area contributed by atoms with Crippen LogP contribution in [0.1, 0.15) is 22.4 Å². The van der Waals surface area contributed by atoms with Crippen LogP contribution in [0.4, 0.5) is 0 Å². The topological polar surface area (TPSA) is 78.5 Å². The van der Waals surface area contributed by atoms with E-state index in [1.54, 1.807) is 21.8 Å². The van der Waals surface area contributed by atoms with Crippen LogP contribution in [0.5, 0.6) is 0 Å². The highest BCUT2D eigenvalue weighted by Gasteiger charge is 2.09. The summed E-state index contributed by atoms with van der Waals surface area (Å²) in [6.45, 7) is 0. The molecule has 0 spiro atoms. The average Bonchev–Trinajstić information content (AvgIpc) is 3.31. The Labute approximate surface area is 197 Å². The van der Waals surface area contributed by atoms with Crippen molar-refractivity contribution in [2.24, 2.45) is 7.05 Å². The van der Waals surface area contributed by atoms with Crippen LogP contribution in [0.25, 0.3) is 17.1 Å². The molecule has 168 valence electrons. The van der Waals surface area contributed by atoms with Crippen molar-refractivity contribution in [3.8, 4) is 17.1 Å². The third-order valence-corrected chi connectivity index (χ3v) is 5.64. The highest BCUT2D eigenvalue weighted by molar-refractivity contribution is 5.56. The zero-order valence-corrected chi connectivity index (χ0v) is 18.9. The monoisotopic (exact) mass is 448 g/mol. The summed E-state index contributed by atoms with van der Waals surface area (Å²) in [6, 6.07) is 19.9. The maximum atomic E-state index is 12.4. The van der Waals surface area contributed by atoms with Crippen LogP contribution in [0.15, 0.2) is 96.4 Å². The molecule has 0 aliphatic carbocycles. The number of aryl methyl sites for hydroxylation is 3. The average molecular weight is 449 g/mol. The second-order valence-electron chi connectivity index (χ2n) is 8.22. The molecular weight excluding hydrogens is 424 g/mol. The van der Waals surface area contributed by atoms with Gasteiger partial charge in [-0.3, -0.25) is 9.48 Å². The predicted octanol–water partition coefficient (Wildman–Crippen LogP) is 3.80.